The summed E-state index contributed by atoms with van der Waals surface area (Å²) < 4.78 is 77.6. The lowest BCUT2D eigenvalue weighted by atomic mass is 10.2. The van der Waals surface area contributed by atoms with Crippen molar-refractivity contribution in [3.63, 3.8) is 0 Å². The SMILES string of the molecule is COc1cc(OC)c([I+]c2ccc(C)cc2)c(OC)c1.O=S(=O)([O-])C(F)(F)F. The summed E-state index contributed by atoms with van der Waals surface area (Å²) in [6.45, 7) is 2.09. The third-order valence-corrected chi connectivity index (χ3v) is 6.66. The zero-order chi connectivity index (χ0) is 21.5. The molecule has 0 N–H and O–H groups in total. The molecule has 2 aromatic carbocycles. The molecule has 0 atom stereocenters. The number of hydrogen-bond donors (Lipinski definition) is 0. The van der Waals surface area contributed by atoms with Gasteiger partial charge in [0.25, 0.3) is 3.57 Å². The summed E-state index contributed by atoms with van der Waals surface area (Å²) in [5, 5.41) is 0. The van der Waals surface area contributed by atoms with Gasteiger partial charge in [0, 0.05) is 12.1 Å². The molecule has 0 radical (unpaired) electrons. The highest BCUT2D eigenvalue weighted by Gasteiger charge is 2.37. The van der Waals surface area contributed by atoms with E-state index in [-0.39, 0.29) is 21.2 Å². The molecule has 0 aliphatic rings. The van der Waals surface area contributed by atoms with Crippen LogP contribution in [0, 0.1) is 14.1 Å². The van der Waals surface area contributed by atoms with Gasteiger partial charge in [-0.3, -0.25) is 0 Å². The van der Waals surface area contributed by atoms with E-state index in [0.717, 1.165) is 20.8 Å². The van der Waals surface area contributed by atoms with E-state index in [2.05, 4.69) is 31.2 Å². The predicted molar refractivity (Wildman–Crippen MR) is 90.4 cm³/mol. The van der Waals surface area contributed by atoms with Crippen LogP contribution < -0.4 is 35.4 Å². The maximum Gasteiger partial charge on any atom is 0.485 e. The summed E-state index contributed by atoms with van der Waals surface area (Å²) in [4.78, 5) is 0. The van der Waals surface area contributed by atoms with Crippen molar-refractivity contribution in [2.45, 2.75) is 12.4 Å². The largest absolute Gasteiger partial charge is 0.741 e. The molecule has 11 heteroatoms. The molecule has 2 aromatic rings. The minimum absolute atomic E-state index is 0.364. The number of methoxy groups -OCH3 is 3. The zero-order valence-electron chi connectivity index (χ0n) is 15.3. The number of alkyl halides is 3. The Morgan fingerprint density at radius 3 is 1.68 bits per heavy atom. The van der Waals surface area contributed by atoms with E-state index in [0.29, 0.717) is 0 Å². The van der Waals surface area contributed by atoms with Gasteiger partial charge in [-0.25, -0.2) is 8.42 Å². The molecule has 0 saturated carbocycles. The first kappa shape index (κ1) is 24.3. The van der Waals surface area contributed by atoms with Crippen molar-refractivity contribution < 1.29 is 61.6 Å². The first-order valence-corrected chi connectivity index (χ1v) is 11.0. The van der Waals surface area contributed by atoms with Gasteiger partial charge in [0.15, 0.2) is 25.2 Å². The van der Waals surface area contributed by atoms with Crippen molar-refractivity contribution in [3.8, 4) is 17.2 Å². The Balaban J connectivity index is 0.000000416. The predicted octanol–water partition coefficient (Wildman–Crippen LogP) is 0.201. The van der Waals surface area contributed by atoms with Crippen molar-refractivity contribution >= 4 is 10.1 Å². The summed E-state index contributed by atoms with van der Waals surface area (Å²) in [6, 6.07) is 12.4. The van der Waals surface area contributed by atoms with Crippen LogP contribution in [-0.2, 0) is 10.1 Å². The second kappa shape index (κ2) is 10.2. The molecule has 0 spiro atoms. The summed E-state index contributed by atoms with van der Waals surface area (Å²) >= 11 is -0.364. The third-order valence-electron chi connectivity index (χ3n) is 3.15. The number of rotatable bonds is 5. The number of benzene rings is 2. The van der Waals surface area contributed by atoms with Gasteiger partial charge in [0.05, 0.1) is 21.3 Å². The summed E-state index contributed by atoms with van der Waals surface area (Å²) in [6.07, 6.45) is 0. The first-order valence-electron chi connectivity index (χ1n) is 7.46. The minimum Gasteiger partial charge on any atom is -0.741 e. The van der Waals surface area contributed by atoms with Crippen LogP contribution in [0.4, 0.5) is 13.2 Å². The molecular weight excluding hydrogens is 516 g/mol. The molecule has 6 nitrogen and oxygen atoms in total. The van der Waals surface area contributed by atoms with Crippen LogP contribution in [0.3, 0.4) is 0 Å². The van der Waals surface area contributed by atoms with Crippen LogP contribution in [0.25, 0.3) is 0 Å². The molecule has 28 heavy (non-hydrogen) atoms. The molecule has 0 amide bonds. The Morgan fingerprint density at radius 1 is 0.929 bits per heavy atom. The normalized spacial score (nSPS) is 11.3. The molecule has 0 saturated heterocycles. The average Bonchev–Trinajstić information content (AvgIpc) is 2.62. The Bertz CT molecular complexity index is 858. The van der Waals surface area contributed by atoms with Gasteiger partial charge in [-0.1, -0.05) is 17.7 Å². The van der Waals surface area contributed by atoms with Crippen molar-refractivity contribution in [1.82, 2.24) is 0 Å². The second-order valence-electron chi connectivity index (χ2n) is 5.14. The molecule has 2 rings (SSSR count). The highest BCUT2D eigenvalue weighted by Crippen LogP contribution is 2.27. The van der Waals surface area contributed by atoms with E-state index in [1.54, 1.807) is 21.3 Å². The van der Waals surface area contributed by atoms with E-state index in [1.807, 2.05) is 12.1 Å². The lowest BCUT2D eigenvalue weighted by Crippen LogP contribution is -3.61. The Labute approximate surface area is 171 Å². The molecular formula is C17H18F3IO6S. The minimum atomic E-state index is -6.09. The van der Waals surface area contributed by atoms with Crippen LogP contribution in [0.15, 0.2) is 36.4 Å². The van der Waals surface area contributed by atoms with Crippen LogP contribution in [0.5, 0.6) is 17.2 Å². The maximum atomic E-state index is 10.7. The molecule has 156 valence electrons. The molecule has 0 aliphatic heterocycles. The lowest BCUT2D eigenvalue weighted by Gasteiger charge is -2.08. The number of aryl methyl sites for hydroxylation is 1. The Morgan fingerprint density at radius 2 is 1.36 bits per heavy atom. The highest BCUT2D eigenvalue weighted by atomic mass is 127. The van der Waals surface area contributed by atoms with Crippen LogP contribution in [-0.4, -0.2) is 39.8 Å². The van der Waals surface area contributed by atoms with Crippen LogP contribution in [0.2, 0.25) is 0 Å². The van der Waals surface area contributed by atoms with Gasteiger partial charge >= 0.3 is 26.7 Å². The summed E-state index contributed by atoms with van der Waals surface area (Å²) in [5.41, 5.74) is -4.38. The van der Waals surface area contributed by atoms with E-state index >= 15 is 0 Å². The third kappa shape index (κ3) is 7.02. The van der Waals surface area contributed by atoms with Crippen molar-refractivity contribution in [2.75, 3.05) is 21.3 Å². The van der Waals surface area contributed by atoms with E-state index in [1.165, 1.54) is 9.13 Å². The Kier molecular flexibility index (Phi) is 8.82. The highest BCUT2D eigenvalue weighted by molar-refractivity contribution is 7.86. The smallest absolute Gasteiger partial charge is 0.485 e. The number of halogens is 4. The maximum absolute atomic E-state index is 10.7. The summed E-state index contributed by atoms with van der Waals surface area (Å²) in [5.74, 6) is 2.40. The molecule has 0 aliphatic carbocycles. The molecule has 0 aromatic heterocycles. The topological polar surface area (TPSA) is 84.9 Å². The van der Waals surface area contributed by atoms with Gasteiger partial charge in [-0.05, 0) is 19.1 Å². The van der Waals surface area contributed by atoms with Crippen molar-refractivity contribution in [1.29, 1.82) is 0 Å². The van der Waals surface area contributed by atoms with Crippen molar-refractivity contribution in [3.05, 3.63) is 49.1 Å². The number of ether oxygens (including phenoxy) is 3. The number of hydrogen-bond acceptors (Lipinski definition) is 6. The van der Waals surface area contributed by atoms with Gasteiger partial charge in [-0.2, -0.15) is 13.2 Å². The van der Waals surface area contributed by atoms with Gasteiger partial charge in [-0.15, -0.1) is 0 Å². The van der Waals surface area contributed by atoms with E-state index in [4.69, 9.17) is 27.2 Å². The van der Waals surface area contributed by atoms with E-state index in [9.17, 15) is 13.2 Å². The second-order valence-corrected chi connectivity index (χ2v) is 9.37. The fraction of sp³-hybridized carbons (Fsp3) is 0.294. The quantitative estimate of drug-likeness (QED) is 0.310. The molecule has 0 bridgehead atoms. The summed E-state index contributed by atoms with van der Waals surface area (Å²) in [7, 11) is -1.09. The fourth-order valence-electron chi connectivity index (χ4n) is 1.76. The van der Waals surface area contributed by atoms with Gasteiger partial charge in [0.2, 0.25) is 0 Å². The molecule has 0 fully saturated rings. The van der Waals surface area contributed by atoms with Crippen molar-refractivity contribution in [2.24, 2.45) is 0 Å². The van der Waals surface area contributed by atoms with E-state index < -0.39 is 15.6 Å². The Hall–Kier alpha value is -1.73. The monoisotopic (exact) mass is 534 g/mol. The lowest BCUT2D eigenvalue weighted by molar-refractivity contribution is -0.598. The van der Waals surface area contributed by atoms with Crippen LogP contribution in [0.1, 0.15) is 5.56 Å². The standard InChI is InChI=1S/C16H18IO3.CHF3O3S/c1-11-5-7-12(8-6-11)17-16-14(19-3)9-13(18-2)10-15(16)20-4;2-1(3,4)8(5,6)7/h5-10H,1-4H3;(H,5,6,7)/q+1;/p-1. The zero-order valence-corrected chi connectivity index (χ0v) is 18.3. The molecule has 0 unspecified atom stereocenters. The molecule has 0 heterocycles. The average molecular weight is 534 g/mol. The van der Waals surface area contributed by atoms with Crippen LogP contribution >= 0.6 is 0 Å². The van der Waals surface area contributed by atoms with Gasteiger partial charge < -0.3 is 18.8 Å². The fourth-order valence-corrected chi connectivity index (χ4v) is 4.39. The first-order chi connectivity index (χ1) is 12.9. The van der Waals surface area contributed by atoms with Gasteiger partial charge in [0.1, 0.15) is 5.75 Å².